The van der Waals surface area contributed by atoms with E-state index in [4.69, 9.17) is 21.7 Å². The van der Waals surface area contributed by atoms with E-state index in [0.717, 1.165) is 40.0 Å². The molecule has 1 saturated heterocycles. The van der Waals surface area contributed by atoms with Crippen LogP contribution in [0.2, 0.25) is 0 Å². The number of halogens is 1. The number of rotatable bonds is 5. The first-order valence-electron chi connectivity index (χ1n) is 8.74. The van der Waals surface area contributed by atoms with E-state index in [0.29, 0.717) is 12.2 Å². The van der Waals surface area contributed by atoms with Gasteiger partial charge in [-0.1, -0.05) is 12.1 Å². The molecule has 1 heterocycles. The van der Waals surface area contributed by atoms with Crippen molar-refractivity contribution in [1.29, 1.82) is 0 Å². The topological polar surface area (TPSA) is 59.6 Å². The van der Waals surface area contributed by atoms with Crippen LogP contribution in [0.25, 0.3) is 0 Å². The van der Waals surface area contributed by atoms with E-state index in [1.165, 1.54) is 0 Å². The number of amides is 1. The van der Waals surface area contributed by atoms with Crippen molar-refractivity contribution < 1.29 is 14.3 Å². The number of hydrogen-bond acceptors (Lipinski definition) is 4. The van der Waals surface area contributed by atoms with Gasteiger partial charge in [-0.2, -0.15) is 0 Å². The molecule has 1 fully saturated rings. The summed E-state index contributed by atoms with van der Waals surface area (Å²) >= 11 is 7.47. The van der Waals surface area contributed by atoms with Crippen LogP contribution in [0.1, 0.15) is 28.8 Å². The first-order chi connectivity index (χ1) is 13.0. The van der Waals surface area contributed by atoms with Gasteiger partial charge in [0.2, 0.25) is 0 Å². The monoisotopic (exact) mass is 496 g/mol. The molecule has 0 aromatic heterocycles. The Kier molecular flexibility index (Phi) is 7.03. The van der Waals surface area contributed by atoms with Crippen LogP contribution in [0.4, 0.5) is 5.69 Å². The Morgan fingerprint density at radius 2 is 2.19 bits per heavy atom. The average molecular weight is 496 g/mol. The highest BCUT2D eigenvalue weighted by atomic mass is 127. The number of aryl methyl sites for hydroxylation is 1. The molecule has 0 bridgehead atoms. The van der Waals surface area contributed by atoms with Crippen LogP contribution in [0.3, 0.4) is 0 Å². The molecule has 1 aliphatic rings. The predicted octanol–water partition coefficient (Wildman–Crippen LogP) is 4.28. The lowest BCUT2D eigenvalue weighted by molar-refractivity contribution is 0.0680. The molecule has 0 saturated carbocycles. The molecule has 3 rings (SSSR count). The molecule has 2 aromatic carbocycles. The predicted molar refractivity (Wildman–Crippen MR) is 118 cm³/mol. The van der Waals surface area contributed by atoms with Gasteiger partial charge in [0.15, 0.2) is 5.11 Å². The van der Waals surface area contributed by atoms with Crippen LogP contribution in [0.5, 0.6) is 5.75 Å². The highest BCUT2D eigenvalue weighted by Gasteiger charge is 2.16. The van der Waals surface area contributed by atoms with Crippen molar-refractivity contribution in [1.82, 2.24) is 5.32 Å². The van der Waals surface area contributed by atoms with Gasteiger partial charge in [-0.15, -0.1) is 0 Å². The van der Waals surface area contributed by atoms with E-state index in [9.17, 15) is 4.79 Å². The number of ether oxygens (including phenoxy) is 2. The van der Waals surface area contributed by atoms with Gasteiger partial charge in [0.1, 0.15) is 12.4 Å². The van der Waals surface area contributed by atoms with E-state index >= 15 is 0 Å². The van der Waals surface area contributed by atoms with E-state index in [1.807, 2.05) is 43.3 Å². The second kappa shape index (κ2) is 9.48. The second-order valence-electron chi connectivity index (χ2n) is 6.35. The van der Waals surface area contributed by atoms with Crippen LogP contribution in [-0.2, 0) is 4.74 Å². The van der Waals surface area contributed by atoms with E-state index in [2.05, 4.69) is 33.2 Å². The van der Waals surface area contributed by atoms with Crippen molar-refractivity contribution in [2.75, 3.05) is 18.5 Å². The summed E-state index contributed by atoms with van der Waals surface area (Å²) in [6, 6.07) is 13.0. The van der Waals surface area contributed by atoms with Crippen molar-refractivity contribution in [3.8, 4) is 5.75 Å². The summed E-state index contributed by atoms with van der Waals surface area (Å²) in [6.07, 6.45) is 2.29. The largest absolute Gasteiger partial charge is 0.491 e. The zero-order chi connectivity index (χ0) is 19.2. The van der Waals surface area contributed by atoms with Crippen LogP contribution in [-0.4, -0.2) is 30.3 Å². The quantitative estimate of drug-likeness (QED) is 0.478. The van der Waals surface area contributed by atoms with Gasteiger partial charge in [0.05, 0.1) is 6.10 Å². The lowest BCUT2D eigenvalue weighted by atomic mass is 10.1. The normalized spacial score (nSPS) is 16.0. The Labute approximate surface area is 178 Å². The molecule has 0 aliphatic carbocycles. The summed E-state index contributed by atoms with van der Waals surface area (Å²) in [7, 11) is 0. The van der Waals surface area contributed by atoms with Gasteiger partial charge in [0, 0.05) is 27.5 Å². The fraction of sp³-hybridized carbons (Fsp3) is 0.300. The van der Waals surface area contributed by atoms with E-state index in [-0.39, 0.29) is 17.1 Å². The summed E-state index contributed by atoms with van der Waals surface area (Å²) in [5.74, 6) is 0.494. The van der Waals surface area contributed by atoms with Gasteiger partial charge in [0.25, 0.3) is 5.91 Å². The second-order valence-corrected chi connectivity index (χ2v) is 7.92. The standard InChI is InChI=1S/C20H21IN2O3S/c1-13-7-8-14(10-18(13)21)19(24)23-20(27)22-15-4-2-5-16(11-15)26-12-17-6-3-9-25-17/h2,4-5,7-8,10-11,17H,3,6,9,12H2,1H3,(H2,22,23,24,27). The number of benzene rings is 2. The summed E-state index contributed by atoms with van der Waals surface area (Å²) < 4.78 is 12.4. The smallest absolute Gasteiger partial charge is 0.257 e. The Morgan fingerprint density at radius 1 is 1.33 bits per heavy atom. The first kappa shape index (κ1) is 20.0. The lowest BCUT2D eigenvalue weighted by Crippen LogP contribution is -2.34. The molecular weight excluding hydrogens is 475 g/mol. The first-order valence-corrected chi connectivity index (χ1v) is 10.2. The maximum absolute atomic E-state index is 12.3. The third-order valence-electron chi connectivity index (χ3n) is 4.21. The Balaban J connectivity index is 1.54. The lowest BCUT2D eigenvalue weighted by Gasteiger charge is -2.13. The van der Waals surface area contributed by atoms with Gasteiger partial charge < -0.3 is 14.8 Å². The fourth-order valence-corrected chi connectivity index (χ4v) is 3.43. The minimum Gasteiger partial charge on any atom is -0.491 e. The molecular formula is C20H21IN2O3S. The molecule has 0 spiro atoms. The minimum atomic E-state index is -0.240. The summed E-state index contributed by atoms with van der Waals surface area (Å²) in [6.45, 7) is 3.35. The number of thiocarbonyl (C=S) groups is 1. The highest BCUT2D eigenvalue weighted by molar-refractivity contribution is 14.1. The third-order valence-corrected chi connectivity index (χ3v) is 5.58. The van der Waals surface area contributed by atoms with Gasteiger partial charge in [-0.05, 0) is 84.4 Å². The Bertz CT molecular complexity index is 838. The Morgan fingerprint density at radius 3 is 2.93 bits per heavy atom. The molecule has 1 unspecified atom stereocenters. The number of nitrogens with one attached hydrogen (secondary N) is 2. The summed E-state index contributed by atoms with van der Waals surface area (Å²) in [5, 5.41) is 5.97. The third kappa shape index (κ3) is 5.88. The SMILES string of the molecule is Cc1ccc(C(=O)NC(=S)Nc2cccc(OCC3CCCO3)c2)cc1I. The maximum Gasteiger partial charge on any atom is 0.257 e. The molecule has 0 radical (unpaired) electrons. The van der Waals surface area contributed by atoms with Gasteiger partial charge in [-0.25, -0.2) is 0 Å². The molecule has 1 amide bonds. The number of anilines is 1. The molecule has 2 N–H and O–H groups in total. The molecule has 27 heavy (non-hydrogen) atoms. The molecule has 142 valence electrons. The summed E-state index contributed by atoms with van der Waals surface area (Å²) in [5.41, 5.74) is 2.46. The van der Waals surface area contributed by atoms with E-state index in [1.54, 1.807) is 6.07 Å². The van der Waals surface area contributed by atoms with Crippen LogP contribution in [0, 0.1) is 10.5 Å². The molecule has 1 aliphatic heterocycles. The molecule has 1 atom stereocenters. The zero-order valence-corrected chi connectivity index (χ0v) is 17.9. The van der Waals surface area contributed by atoms with Crippen LogP contribution >= 0.6 is 34.8 Å². The van der Waals surface area contributed by atoms with Crippen molar-refractivity contribution in [2.24, 2.45) is 0 Å². The number of carbonyl (C=O) groups excluding carboxylic acids is 1. The molecule has 2 aromatic rings. The van der Waals surface area contributed by atoms with Crippen LogP contribution < -0.4 is 15.4 Å². The Hall–Kier alpha value is -1.71. The zero-order valence-electron chi connectivity index (χ0n) is 15.0. The van der Waals surface area contributed by atoms with E-state index < -0.39 is 0 Å². The molecule has 7 heteroatoms. The van der Waals surface area contributed by atoms with Crippen molar-refractivity contribution >= 4 is 51.5 Å². The van der Waals surface area contributed by atoms with Crippen molar-refractivity contribution in [2.45, 2.75) is 25.9 Å². The minimum absolute atomic E-state index is 0.166. The average Bonchev–Trinajstić information content (AvgIpc) is 3.16. The van der Waals surface area contributed by atoms with Gasteiger partial charge >= 0.3 is 0 Å². The maximum atomic E-state index is 12.3. The van der Waals surface area contributed by atoms with Crippen molar-refractivity contribution in [3.05, 3.63) is 57.2 Å². The van der Waals surface area contributed by atoms with Gasteiger partial charge in [-0.3, -0.25) is 10.1 Å². The highest BCUT2D eigenvalue weighted by Crippen LogP contribution is 2.20. The van der Waals surface area contributed by atoms with Crippen LogP contribution in [0.15, 0.2) is 42.5 Å². The number of hydrogen-bond donors (Lipinski definition) is 2. The van der Waals surface area contributed by atoms with Crippen molar-refractivity contribution in [3.63, 3.8) is 0 Å². The fourth-order valence-electron chi connectivity index (χ4n) is 2.70. The number of carbonyl (C=O) groups is 1. The molecule has 5 nitrogen and oxygen atoms in total. The summed E-state index contributed by atoms with van der Waals surface area (Å²) in [4.78, 5) is 12.3.